The van der Waals surface area contributed by atoms with E-state index < -0.39 is 0 Å². The Balaban J connectivity index is 1.66. The van der Waals surface area contributed by atoms with Crippen LogP contribution in [0.1, 0.15) is 56.6 Å². The number of aromatic amines is 1. The molecule has 3 rings (SSSR count). The van der Waals surface area contributed by atoms with Gasteiger partial charge in [0.25, 0.3) is 5.56 Å². The second-order valence-electron chi connectivity index (χ2n) is 5.80. The minimum atomic E-state index is -0.113. The molecule has 1 aliphatic heterocycles. The zero-order valence-electron chi connectivity index (χ0n) is 10.8. The molecule has 2 aliphatic rings. The van der Waals surface area contributed by atoms with Crippen molar-refractivity contribution in [1.29, 1.82) is 0 Å². The van der Waals surface area contributed by atoms with E-state index in [1.54, 1.807) is 6.07 Å². The number of hydrogen-bond acceptors (Lipinski definition) is 3. The summed E-state index contributed by atoms with van der Waals surface area (Å²) >= 11 is 0. The molecule has 1 saturated carbocycles. The highest BCUT2D eigenvalue weighted by molar-refractivity contribution is 5.05. The van der Waals surface area contributed by atoms with Crippen LogP contribution in [0.2, 0.25) is 0 Å². The monoisotopic (exact) mass is 250 g/mol. The van der Waals surface area contributed by atoms with Crippen molar-refractivity contribution < 1.29 is 4.52 Å². The van der Waals surface area contributed by atoms with Gasteiger partial charge in [0.15, 0.2) is 0 Å². The molecule has 1 aliphatic carbocycles. The molecule has 0 bridgehead atoms. The van der Waals surface area contributed by atoms with Crippen LogP contribution in [-0.4, -0.2) is 17.7 Å². The number of piperidine rings is 1. The molecule has 2 heterocycles. The first-order chi connectivity index (χ1) is 8.83. The molecule has 100 valence electrons. The topological polar surface area (TPSA) is 58.0 Å². The Hall–Kier alpha value is -1.03. The van der Waals surface area contributed by atoms with E-state index >= 15 is 0 Å². The molecule has 18 heavy (non-hydrogen) atoms. The summed E-state index contributed by atoms with van der Waals surface area (Å²) in [5.74, 6) is 2.09. The van der Waals surface area contributed by atoms with Crippen LogP contribution < -0.4 is 10.9 Å². The minimum absolute atomic E-state index is 0.113. The Morgan fingerprint density at radius 1 is 1.17 bits per heavy atom. The van der Waals surface area contributed by atoms with Gasteiger partial charge in [-0.3, -0.25) is 4.79 Å². The first-order valence-electron chi connectivity index (χ1n) is 7.25. The van der Waals surface area contributed by atoms with E-state index in [9.17, 15) is 4.79 Å². The highest BCUT2D eigenvalue weighted by atomic mass is 16.5. The van der Waals surface area contributed by atoms with Crippen molar-refractivity contribution in [3.8, 4) is 0 Å². The van der Waals surface area contributed by atoms with Gasteiger partial charge in [0.05, 0.1) is 0 Å². The molecule has 0 aromatic carbocycles. The van der Waals surface area contributed by atoms with E-state index in [4.69, 9.17) is 4.52 Å². The number of H-pyrrole nitrogens is 1. The molecule has 1 aromatic rings. The van der Waals surface area contributed by atoms with E-state index in [1.165, 1.54) is 32.1 Å². The molecule has 4 heteroatoms. The fourth-order valence-corrected chi connectivity index (χ4v) is 3.60. The maximum atomic E-state index is 11.2. The summed E-state index contributed by atoms with van der Waals surface area (Å²) < 4.78 is 5.27. The summed E-state index contributed by atoms with van der Waals surface area (Å²) in [6, 6.07) is 2.23. The Morgan fingerprint density at radius 2 is 2.00 bits per heavy atom. The maximum absolute atomic E-state index is 11.2. The molecule has 0 spiro atoms. The average molecular weight is 250 g/mol. The van der Waals surface area contributed by atoms with Gasteiger partial charge in [0.1, 0.15) is 5.76 Å². The van der Waals surface area contributed by atoms with Gasteiger partial charge in [0, 0.05) is 18.0 Å². The van der Waals surface area contributed by atoms with E-state index in [2.05, 4.69) is 10.5 Å². The predicted molar refractivity (Wildman–Crippen MR) is 69.7 cm³/mol. The SMILES string of the molecule is O=c1cc([C@H]2CCN[C@@H](C3CCCCC3)C2)o[nH]1. The smallest absolute Gasteiger partial charge is 0.280 e. The Bertz CT molecular complexity index is 431. The lowest BCUT2D eigenvalue weighted by atomic mass is 9.77. The number of aromatic nitrogens is 1. The summed E-state index contributed by atoms with van der Waals surface area (Å²) in [7, 11) is 0. The van der Waals surface area contributed by atoms with Crippen molar-refractivity contribution in [3.05, 3.63) is 22.2 Å². The third-order valence-electron chi connectivity index (χ3n) is 4.60. The third-order valence-corrected chi connectivity index (χ3v) is 4.60. The van der Waals surface area contributed by atoms with Gasteiger partial charge in [-0.05, 0) is 38.1 Å². The van der Waals surface area contributed by atoms with Crippen molar-refractivity contribution in [2.24, 2.45) is 5.92 Å². The van der Waals surface area contributed by atoms with Crippen molar-refractivity contribution >= 4 is 0 Å². The zero-order chi connectivity index (χ0) is 12.4. The van der Waals surface area contributed by atoms with E-state index in [0.717, 1.165) is 31.1 Å². The Kier molecular flexibility index (Phi) is 3.55. The van der Waals surface area contributed by atoms with Crippen molar-refractivity contribution in [1.82, 2.24) is 10.5 Å². The summed E-state index contributed by atoms with van der Waals surface area (Å²) in [6.07, 6.45) is 9.08. The van der Waals surface area contributed by atoms with Gasteiger partial charge in [-0.15, -0.1) is 0 Å². The second kappa shape index (κ2) is 5.31. The van der Waals surface area contributed by atoms with Crippen LogP contribution in [0.15, 0.2) is 15.4 Å². The molecule has 2 atom stereocenters. The van der Waals surface area contributed by atoms with Gasteiger partial charge in [0.2, 0.25) is 0 Å². The van der Waals surface area contributed by atoms with Crippen LogP contribution in [0, 0.1) is 5.92 Å². The lowest BCUT2D eigenvalue weighted by Gasteiger charge is -2.36. The van der Waals surface area contributed by atoms with E-state index in [0.29, 0.717) is 12.0 Å². The van der Waals surface area contributed by atoms with Gasteiger partial charge in [-0.1, -0.05) is 19.3 Å². The normalized spacial score (nSPS) is 30.4. The lowest BCUT2D eigenvalue weighted by molar-refractivity contribution is 0.207. The first-order valence-corrected chi connectivity index (χ1v) is 7.25. The van der Waals surface area contributed by atoms with Crippen molar-refractivity contribution in [3.63, 3.8) is 0 Å². The molecular weight excluding hydrogens is 228 g/mol. The third kappa shape index (κ3) is 2.53. The van der Waals surface area contributed by atoms with Crippen molar-refractivity contribution in [2.75, 3.05) is 6.54 Å². The highest BCUT2D eigenvalue weighted by Crippen LogP contribution is 2.34. The average Bonchev–Trinajstić information content (AvgIpc) is 2.87. The van der Waals surface area contributed by atoms with Gasteiger partial charge >= 0.3 is 0 Å². The standard InChI is InChI=1S/C14H22N2O2/c17-14-9-13(18-16-14)11-6-7-15-12(8-11)10-4-2-1-3-5-10/h9-12,15H,1-8H2,(H,16,17)/t11-,12+/m0/s1. The summed E-state index contributed by atoms with van der Waals surface area (Å²) in [5.41, 5.74) is -0.113. The summed E-state index contributed by atoms with van der Waals surface area (Å²) in [4.78, 5) is 11.2. The summed E-state index contributed by atoms with van der Waals surface area (Å²) in [5, 5.41) is 6.07. The molecule has 1 saturated heterocycles. The fraction of sp³-hybridized carbons (Fsp3) is 0.786. The second-order valence-corrected chi connectivity index (χ2v) is 5.80. The number of hydrogen-bond donors (Lipinski definition) is 2. The molecule has 0 unspecified atom stereocenters. The number of nitrogens with one attached hydrogen (secondary N) is 2. The molecule has 1 aromatic heterocycles. The number of rotatable bonds is 2. The molecule has 0 radical (unpaired) electrons. The fourth-order valence-electron chi connectivity index (χ4n) is 3.60. The lowest BCUT2D eigenvalue weighted by Crippen LogP contribution is -2.43. The summed E-state index contributed by atoms with van der Waals surface area (Å²) in [6.45, 7) is 1.04. The molecule has 0 amide bonds. The van der Waals surface area contributed by atoms with Crippen LogP contribution >= 0.6 is 0 Å². The van der Waals surface area contributed by atoms with Gasteiger partial charge in [-0.25, -0.2) is 0 Å². The molecule has 4 nitrogen and oxygen atoms in total. The quantitative estimate of drug-likeness (QED) is 0.847. The van der Waals surface area contributed by atoms with E-state index in [1.807, 2.05) is 0 Å². The zero-order valence-corrected chi connectivity index (χ0v) is 10.8. The predicted octanol–water partition coefficient (Wildman–Crippen LogP) is 2.38. The molecule has 2 N–H and O–H groups in total. The Labute approximate surface area is 107 Å². The molecule has 2 fully saturated rings. The highest BCUT2D eigenvalue weighted by Gasteiger charge is 2.31. The Morgan fingerprint density at radius 3 is 2.72 bits per heavy atom. The van der Waals surface area contributed by atoms with Crippen LogP contribution in [0.4, 0.5) is 0 Å². The first kappa shape index (κ1) is 12.0. The minimum Gasteiger partial charge on any atom is -0.383 e. The van der Waals surface area contributed by atoms with Gasteiger partial charge < -0.3 is 9.84 Å². The van der Waals surface area contributed by atoms with Crippen LogP contribution in [0.5, 0.6) is 0 Å². The van der Waals surface area contributed by atoms with E-state index in [-0.39, 0.29) is 5.56 Å². The largest absolute Gasteiger partial charge is 0.383 e. The van der Waals surface area contributed by atoms with Crippen molar-refractivity contribution in [2.45, 2.75) is 56.9 Å². The molecular formula is C14H22N2O2. The van der Waals surface area contributed by atoms with Crippen LogP contribution in [-0.2, 0) is 0 Å². The van der Waals surface area contributed by atoms with Gasteiger partial charge in [-0.2, -0.15) is 5.16 Å². The van der Waals surface area contributed by atoms with Crippen LogP contribution in [0.3, 0.4) is 0 Å². The van der Waals surface area contributed by atoms with Crippen LogP contribution in [0.25, 0.3) is 0 Å². The maximum Gasteiger partial charge on any atom is 0.280 e.